The van der Waals surface area contributed by atoms with Gasteiger partial charge in [-0.3, -0.25) is 9.10 Å². The molecule has 0 atom stereocenters. The second kappa shape index (κ2) is 10.3. The van der Waals surface area contributed by atoms with Gasteiger partial charge in [0, 0.05) is 24.4 Å². The van der Waals surface area contributed by atoms with Crippen LogP contribution >= 0.6 is 0 Å². The second-order valence-electron chi connectivity index (χ2n) is 7.06. The highest BCUT2D eigenvalue weighted by Gasteiger charge is 2.23. The predicted octanol–water partition coefficient (Wildman–Crippen LogP) is 3.57. The zero-order chi connectivity index (χ0) is 24.9. The summed E-state index contributed by atoms with van der Waals surface area (Å²) in [6.45, 7) is 0. The van der Waals surface area contributed by atoms with E-state index in [9.17, 15) is 18.0 Å². The van der Waals surface area contributed by atoms with Gasteiger partial charge in [0.05, 0.1) is 37.5 Å². The lowest BCUT2D eigenvalue weighted by molar-refractivity contribution is 0.0600. The Hall–Kier alpha value is -4.05. The maximum Gasteiger partial charge on any atom is 0.337 e. The van der Waals surface area contributed by atoms with Gasteiger partial charge in [-0.15, -0.1) is 0 Å². The lowest BCUT2D eigenvalue weighted by Crippen LogP contribution is -2.26. The molecule has 3 aromatic carbocycles. The van der Waals surface area contributed by atoms with Crippen molar-refractivity contribution in [3.63, 3.8) is 0 Å². The van der Waals surface area contributed by atoms with E-state index in [1.54, 1.807) is 18.2 Å². The van der Waals surface area contributed by atoms with Crippen LogP contribution in [0.25, 0.3) is 0 Å². The molecule has 3 rings (SSSR count). The molecule has 0 spiro atoms. The van der Waals surface area contributed by atoms with Crippen LogP contribution in [0.3, 0.4) is 0 Å². The Morgan fingerprint density at radius 3 is 2.12 bits per heavy atom. The van der Waals surface area contributed by atoms with Gasteiger partial charge in [0.25, 0.3) is 15.9 Å². The number of hydrogen-bond donors (Lipinski definition) is 1. The van der Waals surface area contributed by atoms with Gasteiger partial charge in [-0.05, 0) is 54.6 Å². The number of carbonyl (C=O) groups excluding carboxylic acids is 2. The minimum atomic E-state index is -3.89. The zero-order valence-corrected chi connectivity index (χ0v) is 19.9. The molecule has 1 N–H and O–H groups in total. The summed E-state index contributed by atoms with van der Waals surface area (Å²) >= 11 is 0. The number of methoxy groups -OCH3 is 3. The topological polar surface area (TPSA) is 111 Å². The third-order valence-corrected chi connectivity index (χ3v) is 6.83. The molecule has 0 heterocycles. The normalized spacial score (nSPS) is 10.8. The molecule has 0 unspecified atom stereocenters. The van der Waals surface area contributed by atoms with E-state index in [4.69, 9.17) is 9.47 Å². The van der Waals surface area contributed by atoms with Gasteiger partial charge in [0.1, 0.15) is 0 Å². The van der Waals surface area contributed by atoms with Crippen LogP contribution in [0, 0.1) is 0 Å². The largest absolute Gasteiger partial charge is 0.493 e. The summed E-state index contributed by atoms with van der Waals surface area (Å²) in [6, 6.07) is 16.7. The highest BCUT2D eigenvalue weighted by atomic mass is 32.2. The number of carbonyl (C=O) groups is 2. The summed E-state index contributed by atoms with van der Waals surface area (Å²) in [5.74, 6) is -0.227. The van der Waals surface area contributed by atoms with Crippen LogP contribution in [0.5, 0.6) is 11.5 Å². The molecule has 0 bridgehead atoms. The Labute approximate surface area is 197 Å². The van der Waals surface area contributed by atoms with E-state index in [1.165, 1.54) is 76.9 Å². The van der Waals surface area contributed by atoms with Crippen molar-refractivity contribution in [1.82, 2.24) is 0 Å². The molecule has 0 aliphatic rings. The predicted molar refractivity (Wildman–Crippen MR) is 127 cm³/mol. The molecular formula is C24H24N2O7S. The molecule has 0 saturated carbocycles. The number of sulfonamides is 1. The van der Waals surface area contributed by atoms with E-state index >= 15 is 0 Å². The quantitative estimate of drug-likeness (QED) is 0.487. The molecule has 0 radical (unpaired) electrons. The summed E-state index contributed by atoms with van der Waals surface area (Å²) in [6.07, 6.45) is 0. The molecule has 9 nitrogen and oxygen atoms in total. The first-order chi connectivity index (χ1) is 16.2. The molecule has 178 valence electrons. The number of nitrogens with one attached hydrogen (secondary N) is 1. The van der Waals surface area contributed by atoms with Crippen LogP contribution in [-0.2, 0) is 14.8 Å². The van der Waals surface area contributed by atoms with Crippen molar-refractivity contribution in [2.45, 2.75) is 4.90 Å². The minimum absolute atomic E-state index is 0.0277. The summed E-state index contributed by atoms with van der Waals surface area (Å²) in [5.41, 5.74) is 1.39. The molecule has 0 aliphatic heterocycles. The minimum Gasteiger partial charge on any atom is -0.493 e. The van der Waals surface area contributed by atoms with Crippen LogP contribution < -0.4 is 19.1 Å². The van der Waals surface area contributed by atoms with E-state index in [-0.39, 0.29) is 4.90 Å². The summed E-state index contributed by atoms with van der Waals surface area (Å²) < 4.78 is 42.3. The van der Waals surface area contributed by atoms with Crippen molar-refractivity contribution in [3.8, 4) is 11.5 Å². The van der Waals surface area contributed by atoms with Crippen LogP contribution in [-0.4, -0.2) is 48.7 Å². The SMILES string of the molecule is COC(=O)c1cccc(NC(=O)c2ccc(N(C)S(=O)(=O)c3ccc(OC)c(OC)c3)cc2)c1. The van der Waals surface area contributed by atoms with Crippen LogP contribution in [0.4, 0.5) is 11.4 Å². The number of esters is 1. The van der Waals surface area contributed by atoms with Crippen LogP contribution in [0.1, 0.15) is 20.7 Å². The van der Waals surface area contributed by atoms with Crippen molar-refractivity contribution in [3.05, 3.63) is 77.9 Å². The number of anilines is 2. The van der Waals surface area contributed by atoms with Crippen molar-refractivity contribution >= 4 is 33.3 Å². The van der Waals surface area contributed by atoms with Gasteiger partial charge in [-0.25, -0.2) is 13.2 Å². The first-order valence-electron chi connectivity index (χ1n) is 10.0. The highest BCUT2D eigenvalue weighted by molar-refractivity contribution is 7.92. The van der Waals surface area contributed by atoms with E-state index < -0.39 is 21.9 Å². The first-order valence-corrected chi connectivity index (χ1v) is 11.5. The zero-order valence-electron chi connectivity index (χ0n) is 19.1. The molecule has 0 aliphatic carbocycles. The smallest absolute Gasteiger partial charge is 0.337 e. The summed E-state index contributed by atoms with van der Waals surface area (Å²) in [5, 5.41) is 2.70. The maximum absolute atomic E-state index is 13.1. The molecule has 10 heteroatoms. The van der Waals surface area contributed by atoms with Gasteiger partial charge >= 0.3 is 5.97 Å². The van der Waals surface area contributed by atoms with Crippen LogP contribution in [0.15, 0.2) is 71.6 Å². The fourth-order valence-electron chi connectivity index (χ4n) is 3.14. The van der Waals surface area contributed by atoms with Gasteiger partial charge < -0.3 is 19.5 Å². The number of nitrogens with zero attached hydrogens (tertiary/aromatic N) is 1. The third kappa shape index (κ3) is 5.12. The number of hydrogen-bond acceptors (Lipinski definition) is 7. The van der Waals surface area contributed by atoms with Gasteiger partial charge in [0.2, 0.25) is 0 Å². The van der Waals surface area contributed by atoms with Crippen molar-refractivity contribution in [1.29, 1.82) is 0 Å². The molecule has 0 fully saturated rings. The first kappa shape index (κ1) is 24.6. The maximum atomic E-state index is 13.1. The molecule has 0 saturated heterocycles. The highest BCUT2D eigenvalue weighted by Crippen LogP contribution is 2.31. The molecule has 0 aromatic heterocycles. The number of amides is 1. The Bertz CT molecular complexity index is 1310. The third-order valence-electron chi connectivity index (χ3n) is 5.05. The Kier molecular flexibility index (Phi) is 7.42. The van der Waals surface area contributed by atoms with E-state index in [1.807, 2.05) is 0 Å². The van der Waals surface area contributed by atoms with Gasteiger partial charge in [0.15, 0.2) is 11.5 Å². The fourth-order valence-corrected chi connectivity index (χ4v) is 4.35. The monoisotopic (exact) mass is 484 g/mol. The average molecular weight is 485 g/mol. The van der Waals surface area contributed by atoms with Crippen molar-refractivity contribution in [2.75, 3.05) is 38.0 Å². The van der Waals surface area contributed by atoms with Crippen molar-refractivity contribution in [2.24, 2.45) is 0 Å². The number of benzene rings is 3. The van der Waals surface area contributed by atoms with Crippen molar-refractivity contribution < 1.29 is 32.2 Å². The standard InChI is InChI=1S/C24H24N2O7S/c1-26(34(29,30)20-12-13-21(31-2)22(15-20)32-3)19-10-8-16(9-11-19)23(27)25-18-7-5-6-17(14-18)24(28)33-4/h5-15H,1-4H3,(H,25,27). The van der Waals surface area contributed by atoms with Crippen LogP contribution in [0.2, 0.25) is 0 Å². The fraction of sp³-hybridized carbons (Fsp3) is 0.167. The van der Waals surface area contributed by atoms with E-state index in [0.717, 1.165) is 4.31 Å². The van der Waals surface area contributed by atoms with Gasteiger partial charge in [-0.1, -0.05) is 6.07 Å². The average Bonchev–Trinajstić information content (AvgIpc) is 2.87. The molecule has 3 aromatic rings. The summed E-state index contributed by atoms with van der Waals surface area (Å²) in [4.78, 5) is 24.3. The second-order valence-corrected chi connectivity index (χ2v) is 9.03. The molecular weight excluding hydrogens is 460 g/mol. The van der Waals surface area contributed by atoms with Gasteiger partial charge in [-0.2, -0.15) is 0 Å². The lowest BCUT2D eigenvalue weighted by atomic mass is 10.1. The number of ether oxygens (including phenoxy) is 3. The lowest BCUT2D eigenvalue weighted by Gasteiger charge is -2.20. The van der Waals surface area contributed by atoms with E-state index in [0.29, 0.717) is 34.0 Å². The van der Waals surface area contributed by atoms with E-state index in [2.05, 4.69) is 10.1 Å². The summed E-state index contributed by atoms with van der Waals surface area (Å²) in [7, 11) is 1.69. The number of rotatable bonds is 8. The molecule has 1 amide bonds. The Morgan fingerprint density at radius 1 is 0.824 bits per heavy atom. The Balaban J connectivity index is 1.78. The molecule has 34 heavy (non-hydrogen) atoms. The Morgan fingerprint density at radius 2 is 1.50 bits per heavy atom.